The SMILES string of the molecule is CC(CNC(=O)CC(C)(C)c1ccccc1)N1CCCC1. The number of nitrogens with zero attached hydrogens (tertiary/aromatic N) is 1. The summed E-state index contributed by atoms with van der Waals surface area (Å²) in [6, 6.07) is 10.7. The lowest BCUT2D eigenvalue weighted by molar-refractivity contribution is -0.122. The zero-order chi connectivity index (χ0) is 15.3. The van der Waals surface area contributed by atoms with Crippen LogP contribution in [-0.2, 0) is 10.2 Å². The molecular formula is C18H28N2O. The second kappa shape index (κ2) is 7.08. The van der Waals surface area contributed by atoms with Gasteiger partial charge in [-0.15, -0.1) is 0 Å². The summed E-state index contributed by atoms with van der Waals surface area (Å²) in [5.74, 6) is 0.148. The molecule has 1 atom stereocenters. The van der Waals surface area contributed by atoms with Gasteiger partial charge in [0.2, 0.25) is 5.91 Å². The summed E-state index contributed by atoms with van der Waals surface area (Å²) in [6.45, 7) is 9.56. The van der Waals surface area contributed by atoms with E-state index < -0.39 is 0 Å². The molecule has 1 aliphatic rings. The minimum absolute atomic E-state index is 0.123. The highest BCUT2D eigenvalue weighted by Gasteiger charge is 2.25. The smallest absolute Gasteiger partial charge is 0.220 e. The monoisotopic (exact) mass is 288 g/mol. The van der Waals surface area contributed by atoms with E-state index in [1.54, 1.807) is 0 Å². The van der Waals surface area contributed by atoms with Crippen molar-refractivity contribution in [1.29, 1.82) is 0 Å². The molecule has 0 bridgehead atoms. The average molecular weight is 288 g/mol. The molecule has 1 aromatic carbocycles. The topological polar surface area (TPSA) is 32.3 Å². The quantitative estimate of drug-likeness (QED) is 0.873. The van der Waals surface area contributed by atoms with Crippen molar-refractivity contribution >= 4 is 5.91 Å². The van der Waals surface area contributed by atoms with Gasteiger partial charge >= 0.3 is 0 Å². The predicted octanol–water partition coefficient (Wildman–Crippen LogP) is 2.95. The first-order valence-electron chi connectivity index (χ1n) is 8.05. The third-order valence-electron chi connectivity index (χ3n) is 4.52. The molecule has 1 amide bonds. The number of hydrogen-bond acceptors (Lipinski definition) is 2. The fourth-order valence-corrected chi connectivity index (χ4v) is 3.03. The molecule has 116 valence electrons. The zero-order valence-electron chi connectivity index (χ0n) is 13.6. The van der Waals surface area contributed by atoms with Gasteiger partial charge in [0, 0.05) is 19.0 Å². The standard InChI is InChI=1S/C18H28N2O/c1-15(20-11-7-8-12-20)14-19-17(21)13-18(2,3)16-9-5-4-6-10-16/h4-6,9-10,15H,7-8,11-14H2,1-3H3,(H,19,21). The summed E-state index contributed by atoms with van der Waals surface area (Å²) in [7, 11) is 0. The van der Waals surface area contributed by atoms with Crippen molar-refractivity contribution < 1.29 is 4.79 Å². The van der Waals surface area contributed by atoms with Gasteiger partial charge in [0.25, 0.3) is 0 Å². The van der Waals surface area contributed by atoms with Gasteiger partial charge < -0.3 is 5.32 Å². The fraction of sp³-hybridized carbons (Fsp3) is 0.611. The van der Waals surface area contributed by atoms with E-state index in [0.29, 0.717) is 12.5 Å². The summed E-state index contributed by atoms with van der Waals surface area (Å²) in [5, 5.41) is 3.10. The Hall–Kier alpha value is -1.35. The molecule has 3 heteroatoms. The Labute approximate surface area is 128 Å². The van der Waals surface area contributed by atoms with Crippen molar-refractivity contribution in [3.8, 4) is 0 Å². The summed E-state index contributed by atoms with van der Waals surface area (Å²) in [6.07, 6.45) is 3.11. The molecule has 1 N–H and O–H groups in total. The van der Waals surface area contributed by atoms with Crippen LogP contribution in [0.15, 0.2) is 30.3 Å². The maximum absolute atomic E-state index is 12.2. The predicted molar refractivity (Wildman–Crippen MR) is 87.4 cm³/mol. The van der Waals surface area contributed by atoms with E-state index in [1.807, 2.05) is 18.2 Å². The molecule has 1 heterocycles. The molecule has 0 aliphatic carbocycles. The molecule has 0 aromatic heterocycles. The largest absolute Gasteiger partial charge is 0.355 e. The third kappa shape index (κ3) is 4.57. The normalized spacial score (nSPS) is 17.7. The van der Waals surface area contributed by atoms with Crippen LogP contribution < -0.4 is 5.32 Å². The number of carbonyl (C=O) groups is 1. The minimum Gasteiger partial charge on any atom is -0.355 e. The van der Waals surface area contributed by atoms with Gasteiger partial charge in [-0.25, -0.2) is 0 Å². The molecular weight excluding hydrogens is 260 g/mol. The van der Waals surface area contributed by atoms with Gasteiger partial charge in [0.15, 0.2) is 0 Å². The number of hydrogen-bond donors (Lipinski definition) is 1. The lowest BCUT2D eigenvalue weighted by Crippen LogP contribution is -2.42. The Morgan fingerprint density at radius 2 is 1.86 bits per heavy atom. The molecule has 0 radical (unpaired) electrons. The number of rotatable bonds is 6. The highest BCUT2D eigenvalue weighted by atomic mass is 16.1. The van der Waals surface area contributed by atoms with Crippen LogP contribution in [0.1, 0.15) is 45.6 Å². The number of amides is 1. The summed E-state index contributed by atoms with van der Waals surface area (Å²) in [4.78, 5) is 14.7. The Balaban J connectivity index is 1.81. The van der Waals surface area contributed by atoms with Crippen LogP contribution in [0.3, 0.4) is 0 Å². The first kappa shape index (κ1) is 16.0. The Kier molecular flexibility index (Phi) is 5.40. The van der Waals surface area contributed by atoms with E-state index in [1.165, 1.54) is 31.5 Å². The van der Waals surface area contributed by atoms with Crippen LogP contribution in [-0.4, -0.2) is 36.5 Å². The third-order valence-corrected chi connectivity index (χ3v) is 4.52. The zero-order valence-corrected chi connectivity index (χ0v) is 13.6. The van der Waals surface area contributed by atoms with Crippen LogP contribution in [0.4, 0.5) is 0 Å². The van der Waals surface area contributed by atoms with Crippen LogP contribution in [0.2, 0.25) is 0 Å². The number of benzene rings is 1. The molecule has 1 unspecified atom stereocenters. The first-order valence-corrected chi connectivity index (χ1v) is 8.05. The van der Waals surface area contributed by atoms with Gasteiger partial charge in [0.1, 0.15) is 0 Å². The molecule has 1 aliphatic heterocycles. The summed E-state index contributed by atoms with van der Waals surface area (Å²) >= 11 is 0. The van der Waals surface area contributed by atoms with Crippen molar-refractivity contribution in [3.63, 3.8) is 0 Å². The second-order valence-corrected chi connectivity index (χ2v) is 6.82. The highest BCUT2D eigenvalue weighted by molar-refractivity contribution is 5.77. The van der Waals surface area contributed by atoms with Gasteiger partial charge in [-0.05, 0) is 43.8 Å². The fourth-order valence-electron chi connectivity index (χ4n) is 3.03. The van der Waals surface area contributed by atoms with Crippen LogP contribution in [0.25, 0.3) is 0 Å². The summed E-state index contributed by atoms with van der Waals surface area (Å²) in [5.41, 5.74) is 1.09. The lowest BCUT2D eigenvalue weighted by Gasteiger charge is -2.27. The van der Waals surface area contributed by atoms with Crippen LogP contribution in [0, 0.1) is 0 Å². The molecule has 0 spiro atoms. The number of carbonyl (C=O) groups excluding carboxylic acids is 1. The van der Waals surface area contributed by atoms with Crippen molar-refractivity contribution in [1.82, 2.24) is 10.2 Å². The molecule has 1 fully saturated rings. The van der Waals surface area contributed by atoms with Crippen molar-refractivity contribution in [2.24, 2.45) is 0 Å². The summed E-state index contributed by atoms with van der Waals surface area (Å²) < 4.78 is 0. The molecule has 1 aromatic rings. The van der Waals surface area contributed by atoms with Crippen molar-refractivity contribution in [2.75, 3.05) is 19.6 Å². The maximum Gasteiger partial charge on any atom is 0.220 e. The molecule has 21 heavy (non-hydrogen) atoms. The van der Waals surface area contributed by atoms with E-state index in [4.69, 9.17) is 0 Å². The molecule has 3 nitrogen and oxygen atoms in total. The van der Waals surface area contributed by atoms with E-state index >= 15 is 0 Å². The molecule has 1 saturated heterocycles. The Morgan fingerprint density at radius 3 is 2.48 bits per heavy atom. The van der Waals surface area contributed by atoms with Gasteiger partial charge in [-0.1, -0.05) is 44.2 Å². The first-order chi connectivity index (χ1) is 9.99. The van der Waals surface area contributed by atoms with E-state index in [-0.39, 0.29) is 11.3 Å². The molecule has 0 saturated carbocycles. The van der Waals surface area contributed by atoms with E-state index in [2.05, 4.69) is 43.1 Å². The number of nitrogens with one attached hydrogen (secondary N) is 1. The van der Waals surface area contributed by atoms with Gasteiger partial charge in [0.05, 0.1) is 0 Å². The highest BCUT2D eigenvalue weighted by Crippen LogP contribution is 2.26. The number of likely N-dealkylation sites (tertiary alicyclic amines) is 1. The lowest BCUT2D eigenvalue weighted by atomic mass is 9.81. The minimum atomic E-state index is -0.123. The van der Waals surface area contributed by atoms with Crippen LogP contribution in [0.5, 0.6) is 0 Å². The second-order valence-electron chi connectivity index (χ2n) is 6.82. The van der Waals surface area contributed by atoms with E-state index in [9.17, 15) is 4.79 Å². The van der Waals surface area contributed by atoms with E-state index in [0.717, 1.165) is 6.54 Å². The van der Waals surface area contributed by atoms with Crippen molar-refractivity contribution in [2.45, 2.75) is 51.5 Å². The van der Waals surface area contributed by atoms with Gasteiger partial charge in [-0.3, -0.25) is 9.69 Å². The van der Waals surface area contributed by atoms with Crippen LogP contribution >= 0.6 is 0 Å². The average Bonchev–Trinajstić information content (AvgIpc) is 2.99. The Bertz CT molecular complexity index is 450. The van der Waals surface area contributed by atoms with Crippen molar-refractivity contribution in [3.05, 3.63) is 35.9 Å². The molecule has 2 rings (SSSR count). The Morgan fingerprint density at radius 1 is 1.24 bits per heavy atom. The maximum atomic E-state index is 12.2. The van der Waals surface area contributed by atoms with Gasteiger partial charge in [-0.2, -0.15) is 0 Å².